The molecule has 3 heterocycles. The number of nitrogens with one attached hydrogen (secondary N) is 1. The first-order valence-corrected chi connectivity index (χ1v) is 9.38. The lowest BCUT2D eigenvalue weighted by Gasteiger charge is -2.33. The van der Waals surface area contributed by atoms with E-state index in [9.17, 15) is 4.79 Å². The fourth-order valence-corrected chi connectivity index (χ4v) is 3.82. The van der Waals surface area contributed by atoms with Crippen molar-refractivity contribution >= 4 is 5.91 Å². The first kappa shape index (κ1) is 17.1. The highest BCUT2D eigenvalue weighted by atomic mass is 16.5. The molecule has 2 aliphatic rings. The van der Waals surface area contributed by atoms with Crippen LogP contribution in [0.25, 0.3) is 11.3 Å². The van der Waals surface area contributed by atoms with Gasteiger partial charge in [-0.2, -0.15) is 0 Å². The molecule has 0 saturated carbocycles. The number of hydrogen-bond donors (Lipinski definition) is 1. The molecule has 0 bridgehead atoms. The van der Waals surface area contributed by atoms with E-state index in [1.54, 1.807) is 0 Å². The van der Waals surface area contributed by atoms with Gasteiger partial charge in [-0.05, 0) is 45.4 Å². The van der Waals surface area contributed by atoms with Crippen molar-refractivity contribution in [2.75, 3.05) is 19.6 Å². The topological polar surface area (TPSA) is 67.6 Å². The van der Waals surface area contributed by atoms with Crippen molar-refractivity contribution in [3.8, 4) is 17.1 Å². The number of carbonyl (C=O) groups is 1. The van der Waals surface area contributed by atoms with Gasteiger partial charge in [0.05, 0.1) is 11.1 Å². The smallest absolute Gasteiger partial charge is 0.273 e. The number of ether oxygens (including phenoxy) is 1. The highest BCUT2D eigenvalue weighted by Gasteiger charge is 2.29. The summed E-state index contributed by atoms with van der Waals surface area (Å²) in [5.74, 6) is 1.22. The Bertz CT molecular complexity index is 815. The Balaban J connectivity index is 1.44. The van der Waals surface area contributed by atoms with Gasteiger partial charge in [-0.3, -0.25) is 9.69 Å². The van der Waals surface area contributed by atoms with Crippen molar-refractivity contribution in [2.24, 2.45) is 0 Å². The van der Waals surface area contributed by atoms with Crippen molar-refractivity contribution in [3.63, 3.8) is 0 Å². The Kier molecular flexibility index (Phi) is 4.68. The zero-order chi connectivity index (χ0) is 18.1. The molecule has 4 rings (SSSR count). The Labute approximate surface area is 153 Å². The van der Waals surface area contributed by atoms with Crippen LogP contribution < -0.4 is 10.1 Å². The van der Waals surface area contributed by atoms with E-state index < -0.39 is 0 Å². The number of benzene rings is 1. The van der Waals surface area contributed by atoms with E-state index in [0.717, 1.165) is 35.5 Å². The monoisotopic (exact) mass is 355 g/mol. The van der Waals surface area contributed by atoms with Crippen LogP contribution in [0.5, 0.6) is 5.75 Å². The third-order valence-electron chi connectivity index (χ3n) is 5.38. The summed E-state index contributed by atoms with van der Waals surface area (Å²) in [6, 6.07) is 6.51. The van der Waals surface area contributed by atoms with Crippen LogP contribution in [-0.4, -0.2) is 41.6 Å². The second-order valence-corrected chi connectivity index (χ2v) is 7.26. The zero-order valence-corrected chi connectivity index (χ0v) is 15.4. The molecular formula is C20H25N3O3. The molecule has 0 unspecified atom stereocenters. The van der Waals surface area contributed by atoms with Gasteiger partial charge >= 0.3 is 0 Å². The third-order valence-corrected chi connectivity index (χ3v) is 5.38. The van der Waals surface area contributed by atoms with Crippen LogP contribution in [0.2, 0.25) is 0 Å². The molecule has 1 N–H and O–H groups in total. The summed E-state index contributed by atoms with van der Waals surface area (Å²) in [6.45, 7) is 7.17. The standard InChI is InChI=1S/C20H25N3O3/c1-13-6-7-17-15(11-13)19-16(12-25-17)18(22-26-19)20(24)21-8-10-23-9-4-3-5-14(23)2/h6-7,11,14H,3-5,8-10,12H2,1-2H3,(H,21,24)/t14-/m1/s1. The number of aromatic nitrogens is 1. The average molecular weight is 355 g/mol. The number of hydrogen-bond acceptors (Lipinski definition) is 5. The highest BCUT2D eigenvalue weighted by molar-refractivity contribution is 5.95. The average Bonchev–Trinajstić information content (AvgIpc) is 3.08. The van der Waals surface area contributed by atoms with Crippen molar-refractivity contribution < 1.29 is 14.1 Å². The Hall–Kier alpha value is -2.34. The predicted molar refractivity (Wildman–Crippen MR) is 98.2 cm³/mol. The van der Waals surface area contributed by atoms with Gasteiger partial charge < -0.3 is 14.6 Å². The van der Waals surface area contributed by atoms with Gasteiger partial charge in [0, 0.05) is 19.1 Å². The maximum absolute atomic E-state index is 12.6. The minimum absolute atomic E-state index is 0.195. The second kappa shape index (κ2) is 7.11. The molecular weight excluding hydrogens is 330 g/mol. The van der Waals surface area contributed by atoms with Crippen molar-refractivity contribution in [1.29, 1.82) is 0 Å². The molecule has 26 heavy (non-hydrogen) atoms. The van der Waals surface area contributed by atoms with E-state index in [-0.39, 0.29) is 5.91 Å². The van der Waals surface area contributed by atoms with Crippen molar-refractivity contribution in [3.05, 3.63) is 35.0 Å². The maximum Gasteiger partial charge on any atom is 0.273 e. The molecule has 1 saturated heterocycles. The first-order chi connectivity index (χ1) is 12.6. The number of nitrogens with zero attached hydrogens (tertiary/aromatic N) is 2. The quantitative estimate of drug-likeness (QED) is 0.912. The predicted octanol–water partition coefficient (Wildman–Crippen LogP) is 3.15. The first-order valence-electron chi connectivity index (χ1n) is 9.38. The van der Waals surface area contributed by atoms with E-state index in [2.05, 4.69) is 22.3 Å². The van der Waals surface area contributed by atoms with Crippen LogP contribution in [0.3, 0.4) is 0 Å². The molecule has 1 amide bonds. The molecule has 6 heteroatoms. The number of carbonyl (C=O) groups excluding carboxylic acids is 1. The largest absolute Gasteiger partial charge is 0.488 e. The molecule has 0 aliphatic carbocycles. The fraction of sp³-hybridized carbons (Fsp3) is 0.500. The SMILES string of the molecule is Cc1ccc2c(c1)-c1onc(C(=O)NCCN3CCCC[C@H]3C)c1CO2. The van der Waals surface area contributed by atoms with Crippen molar-refractivity contribution in [1.82, 2.24) is 15.4 Å². The summed E-state index contributed by atoms with van der Waals surface area (Å²) in [4.78, 5) is 15.0. The van der Waals surface area contributed by atoms with E-state index in [1.165, 1.54) is 19.3 Å². The molecule has 2 aromatic rings. The van der Waals surface area contributed by atoms with Crippen LogP contribution in [0.4, 0.5) is 0 Å². The molecule has 138 valence electrons. The summed E-state index contributed by atoms with van der Waals surface area (Å²) in [7, 11) is 0. The van der Waals surface area contributed by atoms with Crippen LogP contribution in [0.1, 0.15) is 47.8 Å². The Morgan fingerprint density at radius 1 is 1.38 bits per heavy atom. The molecule has 0 spiro atoms. The van der Waals surface area contributed by atoms with Gasteiger partial charge in [-0.1, -0.05) is 23.2 Å². The molecule has 1 fully saturated rings. The minimum Gasteiger partial charge on any atom is -0.488 e. The van der Waals surface area contributed by atoms with Crippen LogP contribution in [0, 0.1) is 6.92 Å². The molecule has 2 aliphatic heterocycles. The normalized spacial score (nSPS) is 19.4. The summed E-state index contributed by atoms with van der Waals surface area (Å²) < 4.78 is 11.3. The summed E-state index contributed by atoms with van der Waals surface area (Å²) in [5.41, 5.74) is 3.03. The molecule has 1 aromatic carbocycles. The minimum atomic E-state index is -0.195. The van der Waals surface area contributed by atoms with Gasteiger partial charge in [-0.25, -0.2) is 0 Å². The fourth-order valence-electron chi connectivity index (χ4n) is 3.82. The lowest BCUT2D eigenvalue weighted by Crippen LogP contribution is -2.42. The zero-order valence-electron chi connectivity index (χ0n) is 15.4. The maximum atomic E-state index is 12.6. The van der Waals surface area contributed by atoms with Gasteiger partial charge in [0.15, 0.2) is 11.5 Å². The molecule has 1 atom stereocenters. The highest BCUT2D eigenvalue weighted by Crippen LogP contribution is 2.39. The van der Waals surface area contributed by atoms with Gasteiger partial charge in [0.1, 0.15) is 12.4 Å². The van der Waals surface area contributed by atoms with Crippen LogP contribution >= 0.6 is 0 Å². The summed E-state index contributed by atoms with van der Waals surface area (Å²) >= 11 is 0. The third kappa shape index (κ3) is 3.21. The number of fused-ring (bicyclic) bond motifs is 3. The number of amides is 1. The van der Waals surface area contributed by atoms with Gasteiger partial charge in [0.25, 0.3) is 5.91 Å². The molecule has 1 aromatic heterocycles. The number of likely N-dealkylation sites (tertiary alicyclic amines) is 1. The number of aryl methyl sites for hydroxylation is 1. The van der Waals surface area contributed by atoms with Gasteiger partial charge in [-0.15, -0.1) is 0 Å². The Morgan fingerprint density at radius 3 is 3.12 bits per heavy atom. The Morgan fingerprint density at radius 2 is 2.27 bits per heavy atom. The van der Waals surface area contributed by atoms with E-state index in [0.29, 0.717) is 30.6 Å². The number of rotatable bonds is 4. The lowest BCUT2D eigenvalue weighted by atomic mass is 10.0. The van der Waals surface area contributed by atoms with Crippen molar-refractivity contribution in [2.45, 2.75) is 45.8 Å². The molecule has 6 nitrogen and oxygen atoms in total. The lowest BCUT2D eigenvalue weighted by molar-refractivity contribution is 0.0927. The summed E-state index contributed by atoms with van der Waals surface area (Å²) in [6.07, 6.45) is 3.78. The van der Waals surface area contributed by atoms with Crippen LogP contribution in [-0.2, 0) is 6.61 Å². The van der Waals surface area contributed by atoms with Crippen LogP contribution in [0.15, 0.2) is 22.7 Å². The summed E-state index contributed by atoms with van der Waals surface area (Å²) in [5, 5.41) is 7.01. The number of piperidine rings is 1. The van der Waals surface area contributed by atoms with Gasteiger partial charge in [0.2, 0.25) is 0 Å². The second-order valence-electron chi connectivity index (χ2n) is 7.26. The van der Waals surface area contributed by atoms with E-state index in [4.69, 9.17) is 9.26 Å². The van der Waals surface area contributed by atoms with E-state index >= 15 is 0 Å². The van der Waals surface area contributed by atoms with E-state index in [1.807, 2.05) is 25.1 Å². The molecule has 0 radical (unpaired) electrons.